The van der Waals surface area contributed by atoms with E-state index in [9.17, 15) is 9.59 Å². The summed E-state index contributed by atoms with van der Waals surface area (Å²) in [6.07, 6.45) is 0. The first-order valence-electron chi connectivity index (χ1n) is 9.83. The predicted octanol–water partition coefficient (Wildman–Crippen LogP) is 4.26. The minimum absolute atomic E-state index is 0.102. The van der Waals surface area contributed by atoms with E-state index in [1.807, 2.05) is 63.5 Å². The third-order valence-corrected chi connectivity index (χ3v) is 7.20. The standard InChI is InChI=1S/C22H23N5O2S2/c1-12-19(13(2)27(4)26-12)25-20(28)14(3)30-11-17-23-21(29)18-16(10-31-22(18)24-17)15-8-6-5-7-9-15/h5-10,14H,11H2,1-4H3,(H,25,28)(H,23,24,29)/t14-/m0/s1. The first-order chi connectivity index (χ1) is 14.8. The quantitative estimate of drug-likeness (QED) is 0.455. The number of nitrogens with one attached hydrogen (secondary N) is 2. The van der Waals surface area contributed by atoms with Crippen LogP contribution >= 0.6 is 23.1 Å². The van der Waals surface area contributed by atoms with Gasteiger partial charge in [-0.3, -0.25) is 14.3 Å². The summed E-state index contributed by atoms with van der Waals surface area (Å²) in [5, 5.41) is 9.55. The van der Waals surface area contributed by atoms with Gasteiger partial charge in [0.05, 0.1) is 33.5 Å². The molecule has 0 saturated carbocycles. The maximum absolute atomic E-state index is 12.8. The van der Waals surface area contributed by atoms with Crippen molar-refractivity contribution in [1.29, 1.82) is 0 Å². The number of anilines is 1. The Hall–Kier alpha value is -2.91. The number of benzene rings is 1. The van der Waals surface area contributed by atoms with Crippen LogP contribution in [0.25, 0.3) is 21.3 Å². The molecule has 0 saturated heterocycles. The molecule has 0 radical (unpaired) electrons. The van der Waals surface area contributed by atoms with E-state index in [4.69, 9.17) is 0 Å². The van der Waals surface area contributed by atoms with Crippen molar-refractivity contribution in [2.45, 2.75) is 31.8 Å². The van der Waals surface area contributed by atoms with Crippen molar-refractivity contribution in [3.63, 3.8) is 0 Å². The van der Waals surface area contributed by atoms with Crippen LogP contribution in [0.5, 0.6) is 0 Å². The average molecular weight is 454 g/mol. The molecule has 0 spiro atoms. The lowest BCUT2D eigenvalue weighted by Crippen LogP contribution is -2.23. The van der Waals surface area contributed by atoms with Gasteiger partial charge in [-0.1, -0.05) is 30.3 Å². The van der Waals surface area contributed by atoms with Crippen LogP contribution in [0.4, 0.5) is 5.69 Å². The number of H-pyrrole nitrogens is 1. The average Bonchev–Trinajstić information content (AvgIpc) is 3.29. The number of amides is 1. The molecule has 1 amide bonds. The predicted molar refractivity (Wildman–Crippen MR) is 128 cm³/mol. The van der Waals surface area contributed by atoms with Crippen LogP contribution in [0.1, 0.15) is 24.1 Å². The van der Waals surface area contributed by atoms with Gasteiger partial charge in [0.1, 0.15) is 10.7 Å². The molecular weight excluding hydrogens is 430 g/mol. The molecule has 1 atom stereocenters. The van der Waals surface area contributed by atoms with Gasteiger partial charge in [-0.15, -0.1) is 23.1 Å². The largest absolute Gasteiger partial charge is 0.322 e. The van der Waals surface area contributed by atoms with Crippen molar-refractivity contribution in [3.05, 3.63) is 63.3 Å². The number of rotatable bonds is 6. The van der Waals surface area contributed by atoms with Gasteiger partial charge >= 0.3 is 0 Å². The van der Waals surface area contributed by atoms with Crippen molar-refractivity contribution in [2.75, 3.05) is 5.32 Å². The fourth-order valence-corrected chi connectivity index (χ4v) is 5.07. The Labute approximate surface area is 187 Å². The Bertz CT molecular complexity index is 1310. The fraction of sp³-hybridized carbons (Fsp3) is 0.273. The van der Waals surface area contributed by atoms with Crippen LogP contribution in [0.15, 0.2) is 40.5 Å². The highest BCUT2D eigenvalue weighted by Gasteiger charge is 2.19. The molecule has 1 aromatic carbocycles. The Kier molecular flexibility index (Phi) is 5.97. The van der Waals surface area contributed by atoms with Crippen molar-refractivity contribution < 1.29 is 4.79 Å². The second-order valence-electron chi connectivity index (χ2n) is 7.32. The summed E-state index contributed by atoms with van der Waals surface area (Å²) in [5.41, 5.74) is 4.18. The molecule has 0 aliphatic heterocycles. The highest BCUT2D eigenvalue weighted by molar-refractivity contribution is 7.99. The number of nitrogens with zero attached hydrogens (tertiary/aromatic N) is 3. The topological polar surface area (TPSA) is 92.7 Å². The number of fused-ring (bicyclic) bond motifs is 1. The second-order valence-corrected chi connectivity index (χ2v) is 9.51. The van der Waals surface area contributed by atoms with Gasteiger partial charge in [0.2, 0.25) is 5.91 Å². The van der Waals surface area contributed by atoms with Crippen LogP contribution in [0.2, 0.25) is 0 Å². The van der Waals surface area contributed by atoms with E-state index in [-0.39, 0.29) is 16.7 Å². The van der Waals surface area contributed by atoms with Gasteiger partial charge in [-0.2, -0.15) is 5.10 Å². The third kappa shape index (κ3) is 4.28. The molecule has 160 valence electrons. The van der Waals surface area contributed by atoms with Crippen LogP contribution in [0, 0.1) is 13.8 Å². The first-order valence-corrected chi connectivity index (χ1v) is 11.8. The molecular formula is C22H23N5O2S2. The smallest absolute Gasteiger partial charge is 0.260 e. The monoisotopic (exact) mass is 453 g/mol. The van der Waals surface area contributed by atoms with E-state index in [1.54, 1.807) is 4.68 Å². The zero-order valence-corrected chi connectivity index (χ0v) is 19.4. The molecule has 0 bridgehead atoms. The van der Waals surface area contributed by atoms with E-state index in [1.165, 1.54) is 23.1 Å². The summed E-state index contributed by atoms with van der Waals surface area (Å²) in [7, 11) is 1.85. The highest BCUT2D eigenvalue weighted by Crippen LogP contribution is 2.31. The second kappa shape index (κ2) is 8.68. The Morgan fingerprint density at radius 2 is 2.03 bits per heavy atom. The number of carbonyl (C=O) groups is 1. The van der Waals surface area contributed by atoms with E-state index in [2.05, 4.69) is 20.4 Å². The molecule has 7 nitrogen and oxygen atoms in total. The van der Waals surface area contributed by atoms with Crippen LogP contribution in [-0.4, -0.2) is 30.9 Å². The van der Waals surface area contributed by atoms with E-state index in [0.717, 1.165) is 28.2 Å². The summed E-state index contributed by atoms with van der Waals surface area (Å²) in [5.74, 6) is 0.899. The number of aromatic nitrogens is 4. The van der Waals surface area contributed by atoms with Gasteiger partial charge in [-0.25, -0.2) is 4.98 Å². The molecule has 9 heteroatoms. The van der Waals surface area contributed by atoms with Crippen molar-refractivity contribution in [2.24, 2.45) is 7.05 Å². The molecule has 3 heterocycles. The number of hydrogen-bond donors (Lipinski definition) is 2. The number of aryl methyl sites for hydroxylation is 2. The van der Waals surface area contributed by atoms with Crippen molar-refractivity contribution in [3.8, 4) is 11.1 Å². The lowest BCUT2D eigenvalue weighted by Gasteiger charge is -2.12. The Morgan fingerprint density at radius 3 is 2.71 bits per heavy atom. The van der Waals surface area contributed by atoms with Crippen LogP contribution in [0.3, 0.4) is 0 Å². The summed E-state index contributed by atoms with van der Waals surface area (Å²) < 4.78 is 1.75. The molecule has 0 aliphatic carbocycles. The van der Waals surface area contributed by atoms with Crippen molar-refractivity contribution in [1.82, 2.24) is 19.7 Å². The summed E-state index contributed by atoms with van der Waals surface area (Å²) in [6, 6.07) is 9.82. The minimum atomic E-state index is -0.316. The summed E-state index contributed by atoms with van der Waals surface area (Å²) >= 11 is 2.88. The lowest BCUT2D eigenvalue weighted by molar-refractivity contribution is -0.115. The summed E-state index contributed by atoms with van der Waals surface area (Å²) in [4.78, 5) is 33.6. The molecule has 3 aromatic heterocycles. The molecule has 2 N–H and O–H groups in total. The molecule has 0 aliphatic rings. The number of thioether (sulfide) groups is 1. The van der Waals surface area contributed by atoms with E-state index >= 15 is 0 Å². The maximum atomic E-state index is 12.8. The SMILES string of the molecule is Cc1nn(C)c(C)c1NC(=O)[C@H](C)SCc1nc2scc(-c3ccccc3)c2c(=O)[nH]1. The van der Waals surface area contributed by atoms with Gasteiger partial charge < -0.3 is 10.3 Å². The summed E-state index contributed by atoms with van der Waals surface area (Å²) in [6.45, 7) is 5.63. The van der Waals surface area contributed by atoms with Crippen molar-refractivity contribution >= 4 is 44.9 Å². The van der Waals surface area contributed by atoms with E-state index < -0.39 is 0 Å². The number of carbonyl (C=O) groups excluding carboxylic acids is 1. The first kappa shape index (κ1) is 21.3. The molecule has 0 fully saturated rings. The third-order valence-electron chi connectivity index (χ3n) is 5.17. The van der Waals surface area contributed by atoms with Gasteiger partial charge in [0, 0.05) is 18.0 Å². The normalized spacial score (nSPS) is 12.3. The number of hydrogen-bond acceptors (Lipinski definition) is 6. The lowest BCUT2D eigenvalue weighted by atomic mass is 10.1. The van der Waals surface area contributed by atoms with Crippen LogP contribution < -0.4 is 10.9 Å². The Morgan fingerprint density at radius 1 is 1.29 bits per heavy atom. The van der Waals surface area contributed by atoms with Gasteiger partial charge in [0.15, 0.2) is 0 Å². The van der Waals surface area contributed by atoms with E-state index in [0.29, 0.717) is 21.8 Å². The molecule has 31 heavy (non-hydrogen) atoms. The highest BCUT2D eigenvalue weighted by atomic mass is 32.2. The minimum Gasteiger partial charge on any atom is -0.322 e. The van der Waals surface area contributed by atoms with Gasteiger partial charge in [-0.05, 0) is 26.3 Å². The number of thiophene rings is 1. The van der Waals surface area contributed by atoms with Gasteiger partial charge in [0.25, 0.3) is 5.56 Å². The zero-order valence-electron chi connectivity index (χ0n) is 17.7. The molecule has 4 rings (SSSR count). The molecule has 0 unspecified atom stereocenters. The molecule has 4 aromatic rings. The number of aromatic amines is 1. The zero-order chi connectivity index (χ0) is 22.1. The van der Waals surface area contributed by atoms with Crippen LogP contribution in [-0.2, 0) is 17.6 Å². The fourth-order valence-electron chi connectivity index (χ4n) is 3.35. The Balaban J connectivity index is 1.48. The maximum Gasteiger partial charge on any atom is 0.260 e.